The van der Waals surface area contributed by atoms with Gasteiger partial charge in [0.2, 0.25) is 0 Å². The van der Waals surface area contributed by atoms with Crippen LogP contribution in [0.25, 0.3) is 0 Å². The lowest BCUT2D eigenvalue weighted by atomic mass is 10.0. The minimum absolute atomic E-state index is 0.163. The summed E-state index contributed by atoms with van der Waals surface area (Å²) in [7, 11) is 0. The van der Waals surface area contributed by atoms with Crippen LogP contribution in [0.4, 0.5) is 0 Å². The summed E-state index contributed by atoms with van der Waals surface area (Å²) in [4.78, 5) is 11.8. The molecule has 3 rings (SSSR count). The highest BCUT2D eigenvalue weighted by molar-refractivity contribution is 6.03. The molecule has 3 heteroatoms. The van der Waals surface area contributed by atoms with Gasteiger partial charge >= 0.3 is 0 Å². The van der Waals surface area contributed by atoms with Crippen molar-refractivity contribution in [3.8, 4) is 0 Å². The second-order valence-electron chi connectivity index (χ2n) is 4.90. The summed E-state index contributed by atoms with van der Waals surface area (Å²) in [5.41, 5.74) is 3.17. The number of fused-ring (bicyclic) bond motifs is 2. The van der Waals surface area contributed by atoms with Crippen LogP contribution in [-0.2, 0) is 5.41 Å². The van der Waals surface area contributed by atoms with Gasteiger partial charge in [0.1, 0.15) is 0 Å². The van der Waals surface area contributed by atoms with Gasteiger partial charge in [-0.1, -0.05) is 13.8 Å². The summed E-state index contributed by atoms with van der Waals surface area (Å²) < 4.78 is 0. The molecular weight excluding hydrogens is 176 g/mol. The number of nitrogens with zero attached hydrogens (tertiary/aromatic N) is 1. The van der Waals surface area contributed by atoms with Gasteiger partial charge in [-0.05, 0) is 18.8 Å². The van der Waals surface area contributed by atoms with Crippen LogP contribution in [0.1, 0.15) is 60.8 Å². The van der Waals surface area contributed by atoms with Crippen LogP contribution in [0.2, 0.25) is 0 Å². The molecule has 0 bridgehead atoms. The molecule has 3 nitrogen and oxygen atoms in total. The molecule has 14 heavy (non-hydrogen) atoms. The summed E-state index contributed by atoms with van der Waals surface area (Å²) >= 11 is 0. The van der Waals surface area contributed by atoms with Crippen LogP contribution in [0, 0.1) is 0 Å². The molecule has 1 saturated carbocycles. The SMILES string of the molecule is CC(C)c1[nH]nc2c1C(=O)CC21CC1. The number of Topliss-reactive ketones (excluding diaryl/α,β-unsaturated/α-hetero) is 1. The molecule has 74 valence electrons. The number of carbonyl (C=O) groups is 1. The molecule has 0 amide bonds. The summed E-state index contributed by atoms with van der Waals surface area (Å²) in [6, 6.07) is 0. The Kier molecular flexibility index (Phi) is 1.33. The van der Waals surface area contributed by atoms with Crippen LogP contribution in [0.15, 0.2) is 0 Å². The largest absolute Gasteiger partial charge is 0.294 e. The van der Waals surface area contributed by atoms with E-state index in [0.29, 0.717) is 18.1 Å². The third-order valence-corrected chi connectivity index (χ3v) is 3.51. The maximum absolute atomic E-state index is 11.8. The first-order valence-electron chi connectivity index (χ1n) is 5.26. The van der Waals surface area contributed by atoms with Crippen molar-refractivity contribution in [3.05, 3.63) is 17.0 Å². The molecule has 2 aliphatic carbocycles. The normalized spacial score (nSPS) is 22.1. The zero-order valence-electron chi connectivity index (χ0n) is 8.55. The fourth-order valence-corrected chi connectivity index (χ4v) is 2.48. The first-order chi connectivity index (χ1) is 6.64. The monoisotopic (exact) mass is 190 g/mol. The van der Waals surface area contributed by atoms with Crippen molar-refractivity contribution in [3.63, 3.8) is 0 Å². The summed E-state index contributed by atoms with van der Waals surface area (Å²) in [5, 5.41) is 7.37. The molecule has 1 aromatic rings. The molecule has 1 spiro atoms. The number of carbonyl (C=O) groups excluding carboxylic acids is 1. The number of rotatable bonds is 1. The molecule has 0 saturated heterocycles. The molecule has 2 aliphatic rings. The molecular formula is C11H14N2O. The summed E-state index contributed by atoms with van der Waals surface area (Å²) in [5.74, 6) is 0.666. The van der Waals surface area contributed by atoms with E-state index in [1.165, 1.54) is 0 Å². The molecule has 0 atom stereocenters. The van der Waals surface area contributed by atoms with E-state index in [0.717, 1.165) is 29.8 Å². The lowest BCUT2D eigenvalue weighted by Gasteiger charge is -2.01. The Bertz CT molecular complexity index is 413. The number of nitrogens with one attached hydrogen (secondary N) is 1. The van der Waals surface area contributed by atoms with Gasteiger partial charge in [-0.3, -0.25) is 9.89 Å². The summed E-state index contributed by atoms with van der Waals surface area (Å²) in [6.07, 6.45) is 3.00. The second kappa shape index (κ2) is 2.27. The predicted molar refractivity (Wildman–Crippen MR) is 52.5 cm³/mol. The Morgan fingerprint density at radius 2 is 2.14 bits per heavy atom. The van der Waals surface area contributed by atoms with E-state index in [2.05, 4.69) is 24.0 Å². The van der Waals surface area contributed by atoms with Crippen LogP contribution >= 0.6 is 0 Å². The lowest BCUT2D eigenvalue weighted by Crippen LogP contribution is -2.03. The minimum atomic E-state index is 0.163. The quantitative estimate of drug-likeness (QED) is 0.737. The molecule has 1 aromatic heterocycles. The van der Waals surface area contributed by atoms with E-state index in [9.17, 15) is 4.79 Å². The Labute approximate surface area is 82.9 Å². The zero-order chi connectivity index (χ0) is 9.92. The smallest absolute Gasteiger partial charge is 0.167 e. The van der Waals surface area contributed by atoms with Crippen molar-refractivity contribution in [1.29, 1.82) is 0 Å². The molecule has 1 heterocycles. The fourth-order valence-electron chi connectivity index (χ4n) is 2.48. The van der Waals surface area contributed by atoms with Gasteiger partial charge in [0.05, 0.1) is 11.3 Å². The van der Waals surface area contributed by atoms with E-state index in [1.54, 1.807) is 0 Å². The highest BCUT2D eigenvalue weighted by atomic mass is 16.1. The van der Waals surface area contributed by atoms with Crippen molar-refractivity contribution in [2.75, 3.05) is 0 Å². The topological polar surface area (TPSA) is 45.8 Å². The number of aromatic amines is 1. The molecule has 0 aromatic carbocycles. The van der Waals surface area contributed by atoms with Crippen molar-refractivity contribution in [1.82, 2.24) is 10.2 Å². The second-order valence-corrected chi connectivity index (χ2v) is 4.90. The maximum atomic E-state index is 11.8. The Hall–Kier alpha value is -1.12. The van der Waals surface area contributed by atoms with E-state index >= 15 is 0 Å². The van der Waals surface area contributed by atoms with E-state index < -0.39 is 0 Å². The first kappa shape index (κ1) is 8.21. The third-order valence-electron chi connectivity index (χ3n) is 3.51. The zero-order valence-corrected chi connectivity index (χ0v) is 8.55. The van der Waals surface area contributed by atoms with Gasteiger partial charge in [0, 0.05) is 17.5 Å². The number of hydrogen-bond acceptors (Lipinski definition) is 2. The van der Waals surface area contributed by atoms with Crippen molar-refractivity contribution in [2.24, 2.45) is 0 Å². The van der Waals surface area contributed by atoms with Crippen molar-refractivity contribution in [2.45, 2.75) is 44.4 Å². The van der Waals surface area contributed by atoms with Gasteiger partial charge in [0.25, 0.3) is 0 Å². The van der Waals surface area contributed by atoms with Crippen molar-refractivity contribution < 1.29 is 4.79 Å². The third kappa shape index (κ3) is 0.825. The standard InChI is InChI=1S/C11H14N2O/c1-6(2)9-8-7(14)5-11(3-4-11)10(8)13-12-9/h6H,3-5H2,1-2H3,(H,12,13). The minimum Gasteiger partial charge on any atom is -0.294 e. The average molecular weight is 190 g/mol. The van der Waals surface area contributed by atoms with Crippen molar-refractivity contribution >= 4 is 5.78 Å². The Morgan fingerprint density at radius 3 is 2.71 bits per heavy atom. The average Bonchev–Trinajstić information content (AvgIpc) is 2.66. The number of H-pyrrole nitrogens is 1. The fraction of sp³-hybridized carbons (Fsp3) is 0.636. The predicted octanol–water partition coefficient (Wildman–Crippen LogP) is 2.15. The van der Waals surface area contributed by atoms with Crippen LogP contribution in [0.5, 0.6) is 0 Å². The van der Waals surface area contributed by atoms with Crippen LogP contribution < -0.4 is 0 Å². The molecule has 0 unspecified atom stereocenters. The highest BCUT2D eigenvalue weighted by Crippen LogP contribution is 2.56. The molecule has 0 radical (unpaired) electrons. The number of hydrogen-bond donors (Lipinski definition) is 1. The van der Waals surface area contributed by atoms with Gasteiger partial charge in [-0.15, -0.1) is 0 Å². The highest BCUT2D eigenvalue weighted by Gasteiger charge is 2.55. The van der Waals surface area contributed by atoms with Gasteiger partial charge < -0.3 is 0 Å². The van der Waals surface area contributed by atoms with E-state index in [4.69, 9.17) is 0 Å². The van der Waals surface area contributed by atoms with Gasteiger partial charge in [-0.25, -0.2) is 0 Å². The molecule has 1 N–H and O–H groups in total. The number of aromatic nitrogens is 2. The Morgan fingerprint density at radius 1 is 1.43 bits per heavy atom. The van der Waals surface area contributed by atoms with Crippen LogP contribution in [0.3, 0.4) is 0 Å². The number of ketones is 1. The van der Waals surface area contributed by atoms with Gasteiger partial charge in [0.15, 0.2) is 5.78 Å². The first-order valence-corrected chi connectivity index (χ1v) is 5.26. The summed E-state index contributed by atoms with van der Waals surface area (Å²) in [6.45, 7) is 4.19. The lowest BCUT2D eigenvalue weighted by molar-refractivity contribution is 0.0985. The van der Waals surface area contributed by atoms with Gasteiger partial charge in [-0.2, -0.15) is 5.10 Å². The molecule has 0 aliphatic heterocycles. The van der Waals surface area contributed by atoms with Crippen LogP contribution in [-0.4, -0.2) is 16.0 Å². The van der Waals surface area contributed by atoms with E-state index in [-0.39, 0.29) is 5.41 Å². The maximum Gasteiger partial charge on any atom is 0.167 e. The van der Waals surface area contributed by atoms with E-state index in [1.807, 2.05) is 0 Å². The molecule has 1 fully saturated rings. The Balaban J connectivity index is 2.18.